The normalized spacial score (nSPS) is 19.9. The van der Waals surface area contributed by atoms with Gasteiger partial charge in [-0.25, -0.2) is 0 Å². The van der Waals surface area contributed by atoms with Crippen LogP contribution in [0.15, 0.2) is 12.7 Å². The Kier molecular flexibility index (Phi) is 3.94. The van der Waals surface area contributed by atoms with Gasteiger partial charge >= 0.3 is 0 Å². The van der Waals surface area contributed by atoms with Crippen molar-refractivity contribution in [1.29, 1.82) is 0 Å². The largest absolute Gasteiger partial charge is 0.315 e. The third kappa shape index (κ3) is 2.55. The van der Waals surface area contributed by atoms with E-state index < -0.39 is 0 Å². The molecule has 2 heteroatoms. The minimum absolute atomic E-state index is 0.459. The van der Waals surface area contributed by atoms with Gasteiger partial charge in [0.15, 0.2) is 0 Å². The average Bonchev–Trinajstić information content (AvgIpc) is 2.01. The molecule has 0 unspecified atom stereocenters. The van der Waals surface area contributed by atoms with Crippen LogP contribution in [0.1, 0.15) is 25.7 Å². The molecule has 0 aromatic heterocycles. The molecule has 76 valence electrons. The predicted octanol–water partition coefficient (Wildman–Crippen LogP) is 1.64. The predicted molar refractivity (Wildman–Crippen MR) is 58.0 cm³/mol. The van der Waals surface area contributed by atoms with Crippen LogP contribution in [0.25, 0.3) is 0 Å². The molecule has 0 aromatic rings. The molecular formula is C11H22N2. The first kappa shape index (κ1) is 10.7. The summed E-state index contributed by atoms with van der Waals surface area (Å²) >= 11 is 0. The van der Waals surface area contributed by atoms with Crippen molar-refractivity contribution in [3.05, 3.63) is 12.7 Å². The van der Waals surface area contributed by atoms with Gasteiger partial charge < -0.3 is 10.2 Å². The smallest absolute Gasteiger partial charge is 0.0327 e. The van der Waals surface area contributed by atoms with Crippen LogP contribution < -0.4 is 5.32 Å². The fourth-order valence-electron chi connectivity index (χ4n) is 1.89. The van der Waals surface area contributed by atoms with Gasteiger partial charge in [0.2, 0.25) is 0 Å². The molecule has 0 radical (unpaired) electrons. The lowest BCUT2D eigenvalue weighted by Crippen LogP contribution is -2.56. The highest BCUT2D eigenvalue weighted by atomic mass is 15.2. The number of likely N-dealkylation sites (N-methyl/N-ethyl adjacent to an activating group) is 1. The van der Waals surface area contributed by atoms with E-state index in [-0.39, 0.29) is 0 Å². The van der Waals surface area contributed by atoms with Gasteiger partial charge in [-0.05, 0) is 46.3 Å². The molecule has 1 N–H and O–H groups in total. The summed E-state index contributed by atoms with van der Waals surface area (Å²) in [6.45, 7) is 5.91. The highest BCUT2D eigenvalue weighted by Crippen LogP contribution is 2.35. The standard InChI is InChI=1S/C11H22N2/c1-4-5-9-12-10-11(13(2)3)7-6-8-11/h4,12H,1,5-10H2,2-3H3. The van der Waals surface area contributed by atoms with E-state index in [1.54, 1.807) is 0 Å². The second-order valence-electron chi connectivity index (χ2n) is 4.23. The molecule has 0 saturated heterocycles. The van der Waals surface area contributed by atoms with E-state index >= 15 is 0 Å². The van der Waals surface area contributed by atoms with Crippen molar-refractivity contribution in [1.82, 2.24) is 10.2 Å². The maximum Gasteiger partial charge on any atom is 0.0327 e. The SMILES string of the molecule is C=CCCNCC1(N(C)C)CCC1. The number of hydrogen-bond acceptors (Lipinski definition) is 2. The van der Waals surface area contributed by atoms with Gasteiger partial charge in [0.05, 0.1) is 0 Å². The van der Waals surface area contributed by atoms with Gasteiger partial charge in [0.1, 0.15) is 0 Å². The van der Waals surface area contributed by atoms with E-state index in [4.69, 9.17) is 0 Å². The van der Waals surface area contributed by atoms with Crippen molar-refractivity contribution in [2.45, 2.75) is 31.2 Å². The van der Waals surface area contributed by atoms with Crippen LogP contribution in [0.3, 0.4) is 0 Å². The van der Waals surface area contributed by atoms with Crippen molar-refractivity contribution < 1.29 is 0 Å². The molecule has 0 spiro atoms. The maximum atomic E-state index is 3.71. The number of nitrogens with one attached hydrogen (secondary N) is 1. The second kappa shape index (κ2) is 4.77. The fourth-order valence-corrected chi connectivity index (χ4v) is 1.89. The summed E-state index contributed by atoms with van der Waals surface area (Å²) in [5, 5.41) is 3.50. The first-order valence-corrected chi connectivity index (χ1v) is 5.20. The van der Waals surface area contributed by atoms with Gasteiger partial charge in [-0.3, -0.25) is 0 Å². The Labute approximate surface area is 82.0 Å². The Morgan fingerprint density at radius 2 is 2.15 bits per heavy atom. The monoisotopic (exact) mass is 182 g/mol. The summed E-state index contributed by atoms with van der Waals surface area (Å²) in [6.07, 6.45) is 7.13. The zero-order valence-electron chi connectivity index (χ0n) is 8.97. The lowest BCUT2D eigenvalue weighted by atomic mass is 9.75. The Balaban J connectivity index is 2.20. The molecule has 1 aliphatic rings. The highest BCUT2D eigenvalue weighted by Gasteiger charge is 2.38. The van der Waals surface area contributed by atoms with Crippen molar-refractivity contribution >= 4 is 0 Å². The fraction of sp³-hybridized carbons (Fsp3) is 0.818. The molecule has 0 aromatic carbocycles. The van der Waals surface area contributed by atoms with Crippen LogP contribution in [0.5, 0.6) is 0 Å². The molecule has 0 amide bonds. The lowest BCUT2D eigenvalue weighted by Gasteiger charge is -2.47. The molecule has 0 bridgehead atoms. The van der Waals surface area contributed by atoms with Crippen molar-refractivity contribution in [2.75, 3.05) is 27.2 Å². The highest BCUT2D eigenvalue weighted by molar-refractivity contribution is 4.97. The van der Waals surface area contributed by atoms with Crippen LogP contribution in [-0.4, -0.2) is 37.6 Å². The summed E-state index contributed by atoms with van der Waals surface area (Å²) in [4.78, 5) is 2.37. The first-order chi connectivity index (χ1) is 6.21. The van der Waals surface area contributed by atoms with Crippen molar-refractivity contribution in [3.8, 4) is 0 Å². The molecule has 2 nitrogen and oxygen atoms in total. The van der Waals surface area contributed by atoms with E-state index in [0.29, 0.717) is 5.54 Å². The number of nitrogens with zero attached hydrogens (tertiary/aromatic N) is 1. The van der Waals surface area contributed by atoms with Crippen LogP contribution >= 0.6 is 0 Å². The first-order valence-electron chi connectivity index (χ1n) is 5.20. The van der Waals surface area contributed by atoms with E-state index in [9.17, 15) is 0 Å². The third-order valence-electron chi connectivity index (χ3n) is 3.21. The van der Waals surface area contributed by atoms with Crippen molar-refractivity contribution in [3.63, 3.8) is 0 Å². The maximum absolute atomic E-state index is 3.71. The molecule has 1 rings (SSSR count). The van der Waals surface area contributed by atoms with E-state index in [2.05, 4.69) is 30.9 Å². The Morgan fingerprint density at radius 3 is 2.54 bits per heavy atom. The van der Waals surface area contributed by atoms with E-state index in [1.165, 1.54) is 19.3 Å². The van der Waals surface area contributed by atoms with Gasteiger partial charge in [-0.15, -0.1) is 6.58 Å². The van der Waals surface area contributed by atoms with Crippen LogP contribution in [0, 0.1) is 0 Å². The molecule has 0 aliphatic heterocycles. The Hall–Kier alpha value is -0.340. The lowest BCUT2D eigenvalue weighted by molar-refractivity contribution is 0.0605. The minimum Gasteiger partial charge on any atom is -0.315 e. The topological polar surface area (TPSA) is 15.3 Å². The zero-order valence-corrected chi connectivity index (χ0v) is 8.97. The molecule has 13 heavy (non-hydrogen) atoms. The van der Waals surface area contributed by atoms with Crippen molar-refractivity contribution in [2.24, 2.45) is 0 Å². The van der Waals surface area contributed by atoms with Crippen LogP contribution in [-0.2, 0) is 0 Å². The minimum atomic E-state index is 0.459. The zero-order chi connectivity index (χ0) is 9.73. The molecule has 0 atom stereocenters. The average molecular weight is 182 g/mol. The molecular weight excluding hydrogens is 160 g/mol. The van der Waals surface area contributed by atoms with Gasteiger partial charge in [-0.2, -0.15) is 0 Å². The van der Waals surface area contributed by atoms with Crippen LogP contribution in [0.2, 0.25) is 0 Å². The Morgan fingerprint density at radius 1 is 1.46 bits per heavy atom. The number of rotatable bonds is 6. The number of hydrogen-bond donors (Lipinski definition) is 1. The molecule has 1 fully saturated rings. The van der Waals surface area contributed by atoms with Crippen LogP contribution in [0.4, 0.5) is 0 Å². The van der Waals surface area contributed by atoms with E-state index in [0.717, 1.165) is 19.5 Å². The Bertz CT molecular complexity index is 159. The summed E-state index contributed by atoms with van der Waals surface area (Å²) in [7, 11) is 4.38. The quantitative estimate of drug-likeness (QED) is 0.496. The van der Waals surface area contributed by atoms with Gasteiger partial charge in [0.25, 0.3) is 0 Å². The molecule has 1 saturated carbocycles. The summed E-state index contributed by atoms with van der Waals surface area (Å²) in [5.41, 5.74) is 0.459. The van der Waals surface area contributed by atoms with E-state index in [1.807, 2.05) is 6.08 Å². The summed E-state index contributed by atoms with van der Waals surface area (Å²) in [6, 6.07) is 0. The van der Waals surface area contributed by atoms with Gasteiger partial charge in [0, 0.05) is 12.1 Å². The van der Waals surface area contributed by atoms with Gasteiger partial charge in [-0.1, -0.05) is 6.08 Å². The summed E-state index contributed by atoms with van der Waals surface area (Å²) < 4.78 is 0. The third-order valence-corrected chi connectivity index (χ3v) is 3.21. The molecule has 0 heterocycles. The molecule has 1 aliphatic carbocycles. The summed E-state index contributed by atoms with van der Waals surface area (Å²) in [5.74, 6) is 0. The second-order valence-corrected chi connectivity index (χ2v) is 4.23.